The Morgan fingerprint density at radius 3 is 2.67 bits per heavy atom. The third-order valence-corrected chi connectivity index (χ3v) is 6.12. The van der Waals surface area contributed by atoms with E-state index in [1.165, 1.54) is 8.61 Å². The van der Waals surface area contributed by atoms with Crippen LogP contribution in [0.1, 0.15) is 5.56 Å². The first kappa shape index (κ1) is 14.5. The van der Waals surface area contributed by atoms with Crippen LogP contribution in [0.25, 0.3) is 0 Å². The summed E-state index contributed by atoms with van der Waals surface area (Å²) in [6.07, 6.45) is 0. The molecule has 0 aliphatic carbocycles. The van der Waals surface area contributed by atoms with Gasteiger partial charge in [0.1, 0.15) is 0 Å². The van der Waals surface area contributed by atoms with Crippen molar-refractivity contribution in [2.45, 2.75) is 6.54 Å². The Morgan fingerprint density at radius 1 is 1.29 bits per heavy atom. The maximum atomic E-state index is 12.6. The summed E-state index contributed by atoms with van der Waals surface area (Å²) in [5.41, 5.74) is 0.945. The Morgan fingerprint density at radius 2 is 2.00 bits per heavy atom. The molecule has 2 aliphatic rings. The largest absolute Gasteiger partial charge is 0.355 e. The summed E-state index contributed by atoms with van der Waals surface area (Å²) in [7, 11) is -1.94. The van der Waals surface area contributed by atoms with E-state index in [4.69, 9.17) is 0 Å². The molecule has 2 fully saturated rings. The van der Waals surface area contributed by atoms with Crippen LogP contribution < -0.4 is 5.32 Å². The summed E-state index contributed by atoms with van der Waals surface area (Å²) in [6.45, 7) is 1.63. The minimum atomic E-state index is -3.52. The Hall–Kier alpha value is -1.44. The molecule has 2 heterocycles. The topological polar surface area (TPSA) is 69.7 Å². The second-order valence-electron chi connectivity index (χ2n) is 5.68. The van der Waals surface area contributed by atoms with Crippen LogP contribution in [0.15, 0.2) is 30.3 Å². The second kappa shape index (κ2) is 5.40. The summed E-state index contributed by atoms with van der Waals surface area (Å²) in [4.78, 5) is 11.6. The summed E-state index contributed by atoms with van der Waals surface area (Å²) >= 11 is 0. The fourth-order valence-electron chi connectivity index (χ4n) is 3.01. The van der Waals surface area contributed by atoms with Gasteiger partial charge in [-0.05, 0) is 5.56 Å². The van der Waals surface area contributed by atoms with Gasteiger partial charge in [-0.2, -0.15) is 17.0 Å². The number of fused-ring (bicyclic) bond motifs is 1. The molecule has 114 valence electrons. The number of hydrogen-bond donors (Lipinski definition) is 1. The standard InChI is InChI=1S/C14H19N3O3S/c1-16(8-11-5-3-2-4-6-11)21(19,20)17-9-12-7-15-14(18)13(12)10-17/h2-6,12-13H,7-10H2,1H3,(H,15,18)/t12-,13+/m0/s1. The minimum absolute atomic E-state index is 0.0246. The van der Waals surface area contributed by atoms with E-state index in [1.807, 2.05) is 30.3 Å². The van der Waals surface area contributed by atoms with Crippen molar-refractivity contribution in [1.82, 2.24) is 13.9 Å². The van der Waals surface area contributed by atoms with Gasteiger partial charge >= 0.3 is 0 Å². The van der Waals surface area contributed by atoms with Gasteiger partial charge in [-0.3, -0.25) is 4.79 Å². The molecule has 1 N–H and O–H groups in total. The first-order valence-corrected chi connectivity index (χ1v) is 8.41. The second-order valence-corrected chi connectivity index (χ2v) is 7.71. The van der Waals surface area contributed by atoms with E-state index < -0.39 is 10.2 Å². The first-order chi connectivity index (χ1) is 9.98. The first-order valence-electron chi connectivity index (χ1n) is 7.01. The van der Waals surface area contributed by atoms with Crippen LogP contribution in [0.5, 0.6) is 0 Å². The number of benzene rings is 1. The molecule has 6 nitrogen and oxygen atoms in total. The normalized spacial score (nSPS) is 26.1. The predicted molar refractivity (Wildman–Crippen MR) is 78.4 cm³/mol. The molecule has 2 saturated heterocycles. The van der Waals surface area contributed by atoms with Gasteiger partial charge in [0.2, 0.25) is 5.91 Å². The lowest BCUT2D eigenvalue weighted by molar-refractivity contribution is -0.122. The lowest BCUT2D eigenvalue weighted by atomic mass is 10.0. The maximum absolute atomic E-state index is 12.6. The highest BCUT2D eigenvalue weighted by atomic mass is 32.2. The predicted octanol–water partition coefficient (Wildman–Crippen LogP) is 0.0410. The van der Waals surface area contributed by atoms with Crippen LogP contribution in [0.4, 0.5) is 0 Å². The van der Waals surface area contributed by atoms with Crippen molar-refractivity contribution in [3.8, 4) is 0 Å². The minimum Gasteiger partial charge on any atom is -0.355 e. The quantitative estimate of drug-likeness (QED) is 0.854. The fraction of sp³-hybridized carbons (Fsp3) is 0.500. The van der Waals surface area contributed by atoms with E-state index in [9.17, 15) is 13.2 Å². The molecule has 0 saturated carbocycles. The Labute approximate surface area is 124 Å². The zero-order chi connectivity index (χ0) is 15.0. The SMILES string of the molecule is CN(Cc1ccccc1)S(=O)(=O)N1C[C@@H]2CNC(=O)[C@@H]2C1. The van der Waals surface area contributed by atoms with Gasteiger partial charge in [-0.1, -0.05) is 30.3 Å². The van der Waals surface area contributed by atoms with Gasteiger partial charge in [-0.25, -0.2) is 0 Å². The number of rotatable bonds is 4. The molecule has 0 unspecified atom stereocenters. The zero-order valence-corrected chi connectivity index (χ0v) is 12.7. The zero-order valence-electron chi connectivity index (χ0n) is 11.9. The highest BCUT2D eigenvalue weighted by Crippen LogP contribution is 2.30. The summed E-state index contributed by atoms with van der Waals surface area (Å²) in [5, 5.41) is 2.79. The van der Waals surface area contributed by atoms with Crippen molar-refractivity contribution < 1.29 is 13.2 Å². The number of carbonyl (C=O) groups excluding carboxylic acids is 1. The van der Waals surface area contributed by atoms with Crippen molar-refractivity contribution in [2.75, 3.05) is 26.7 Å². The van der Waals surface area contributed by atoms with Crippen LogP contribution in [-0.4, -0.2) is 49.6 Å². The Bertz CT molecular complexity index is 632. The summed E-state index contributed by atoms with van der Waals surface area (Å²) in [5.74, 6) is -0.106. The Kier molecular flexibility index (Phi) is 3.73. The highest BCUT2D eigenvalue weighted by molar-refractivity contribution is 7.86. The molecule has 3 rings (SSSR count). The number of nitrogens with one attached hydrogen (secondary N) is 1. The average molecular weight is 309 g/mol. The van der Waals surface area contributed by atoms with E-state index in [1.54, 1.807) is 7.05 Å². The van der Waals surface area contributed by atoms with Gasteiger partial charge < -0.3 is 5.32 Å². The molecule has 2 aliphatic heterocycles. The van der Waals surface area contributed by atoms with Crippen molar-refractivity contribution in [2.24, 2.45) is 11.8 Å². The smallest absolute Gasteiger partial charge is 0.282 e. The van der Waals surface area contributed by atoms with E-state index in [2.05, 4.69) is 5.32 Å². The van der Waals surface area contributed by atoms with Crippen LogP contribution in [0, 0.1) is 11.8 Å². The van der Waals surface area contributed by atoms with Gasteiger partial charge in [-0.15, -0.1) is 0 Å². The molecule has 0 aromatic heterocycles. The van der Waals surface area contributed by atoms with E-state index in [0.29, 0.717) is 19.6 Å². The average Bonchev–Trinajstić information content (AvgIpc) is 3.03. The van der Waals surface area contributed by atoms with Crippen molar-refractivity contribution >= 4 is 16.1 Å². The third kappa shape index (κ3) is 2.68. The number of nitrogens with zero attached hydrogens (tertiary/aromatic N) is 2. The molecule has 0 spiro atoms. The van der Waals surface area contributed by atoms with Gasteiger partial charge in [0.05, 0.1) is 5.92 Å². The number of hydrogen-bond acceptors (Lipinski definition) is 3. The fourth-order valence-corrected chi connectivity index (χ4v) is 4.44. The lowest BCUT2D eigenvalue weighted by Gasteiger charge is -2.24. The van der Waals surface area contributed by atoms with Crippen LogP contribution in [-0.2, 0) is 21.5 Å². The van der Waals surface area contributed by atoms with Gasteiger partial charge in [0, 0.05) is 39.1 Å². The summed E-state index contributed by atoms with van der Waals surface area (Å²) in [6, 6.07) is 9.48. The van der Waals surface area contributed by atoms with Gasteiger partial charge in [0.25, 0.3) is 10.2 Å². The van der Waals surface area contributed by atoms with E-state index in [-0.39, 0.29) is 24.3 Å². The highest BCUT2D eigenvalue weighted by Gasteiger charge is 2.46. The molecule has 0 bridgehead atoms. The van der Waals surface area contributed by atoms with Crippen LogP contribution in [0.3, 0.4) is 0 Å². The molecule has 1 amide bonds. The van der Waals surface area contributed by atoms with Crippen LogP contribution >= 0.6 is 0 Å². The number of amides is 1. The van der Waals surface area contributed by atoms with Crippen molar-refractivity contribution in [3.05, 3.63) is 35.9 Å². The molecule has 1 aromatic carbocycles. The molecule has 0 radical (unpaired) electrons. The van der Waals surface area contributed by atoms with Gasteiger partial charge in [0.15, 0.2) is 0 Å². The van der Waals surface area contributed by atoms with E-state index >= 15 is 0 Å². The molecule has 2 atom stereocenters. The van der Waals surface area contributed by atoms with Crippen LogP contribution in [0.2, 0.25) is 0 Å². The molecule has 1 aromatic rings. The molecule has 7 heteroatoms. The lowest BCUT2D eigenvalue weighted by Crippen LogP contribution is -2.42. The van der Waals surface area contributed by atoms with Crippen molar-refractivity contribution in [1.29, 1.82) is 0 Å². The number of carbonyl (C=O) groups is 1. The maximum Gasteiger partial charge on any atom is 0.282 e. The molecular formula is C14H19N3O3S. The third-order valence-electron chi connectivity index (χ3n) is 4.25. The molecular weight excluding hydrogens is 290 g/mol. The van der Waals surface area contributed by atoms with E-state index in [0.717, 1.165) is 5.56 Å². The summed E-state index contributed by atoms with van der Waals surface area (Å²) < 4.78 is 28.0. The monoisotopic (exact) mass is 309 g/mol. The Balaban J connectivity index is 1.71. The van der Waals surface area contributed by atoms with Crippen molar-refractivity contribution in [3.63, 3.8) is 0 Å². The molecule has 21 heavy (non-hydrogen) atoms.